The van der Waals surface area contributed by atoms with E-state index in [0.717, 1.165) is 0 Å². The second-order valence-corrected chi connectivity index (χ2v) is 5.27. The lowest BCUT2D eigenvalue weighted by Gasteiger charge is -2.20. The van der Waals surface area contributed by atoms with Crippen molar-refractivity contribution < 1.29 is 24.2 Å². The number of para-hydroxylation sites is 2. The first kappa shape index (κ1) is 17.5. The number of hydrogen-bond acceptors (Lipinski definition) is 5. The van der Waals surface area contributed by atoms with Crippen molar-refractivity contribution in [3.8, 4) is 11.5 Å². The van der Waals surface area contributed by atoms with Crippen molar-refractivity contribution in [1.29, 1.82) is 0 Å². The fourth-order valence-corrected chi connectivity index (χ4v) is 2.68. The third-order valence-electron chi connectivity index (χ3n) is 3.84. The molecule has 5 nitrogen and oxygen atoms in total. The SMILES string of the molecule is COc1ccccc1C(=O)[C@H](CCC(=O)[O-])c1ccccc1OC. The molecule has 0 aliphatic carbocycles. The Balaban J connectivity index is 2.45. The van der Waals surface area contributed by atoms with Gasteiger partial charge in [-0.1, -0.05) is 30.3 Å². The number of benzene rings is 2. The van der Waals surface area contributed by atoms with Crippen LogP contribution in [0, 0.1) is 0 Å². The molecule has 0 saturated heterocycles. The molecule has 0 aliphatic heterocycles. The first-order valence-corrected chi connectivity index (χ1v) is 7.58. The molecule has 1 atom stereocenters. The van der Waals surface area contributed by atoms with Gasteiger partial charge in [-0.3, -0.25) is 4.79 Å². The monoisotopic (exact) mass is 327 g/mol. The lowest BCUT2D eigenvalue weighted by atomic mass is 9.86. The first-order valence-electron chi connectivity index (χ1n) is 7.58. The summed E-state index contributed by atoms with van der Waals surface area (Å²) in [6.07, 6.45) is -0.0941. The number of carbonyl (C=O) groups excluding carboxylic acids is 2. The van der Waals surface area contributed by atoms with Crippen molar-refractivity contribution in [2.24, 2.45) is 0 Å². The molecule has 126 valence electrons. The maximum atomic E-state index is 13.1. The van der Waals surface area contributed by atoms with Crippen LogP contribution in [0.3, 0.4) is 0 Å². The van der Waals surface area contributed by atoms with E-state index in [1.807, 2.05) is 0 Å². The number of Topliss-reactive ketones (excluding diaryl/α,β-unsaturated/α-hetero) is 1. The number of aliphatic carboxylic acids is 1. The Morgan fingerprint density at radius 1 is 0.958 bits per heavy atom. The van der Waals surface area contributed by atoms with Crippen LogP contribution >= 0.6 is 0 Å². The Hall–Kier alpha value is -2.82. The Morgan fingerprint density at radius 3 is 2.17 bits per heavy atom. The summed E-state index contributed by atoms with van der Waals surface area (Å²) in [5, 5.41) is 10.9. The maximum absolute atomic E-state index is 13.1. The number of ether oxygens (including phenoxy) is 2. The van der Waals surface area contributed by atoms with Gasteiger partial charge < -0.3 is 19.4 Å². The average Bonchev–Trinajstić information content (AvgIpc) is 2.61. The summed E-state index contributed by atoms with van der Waals surface area (Å²) < 4.78 is 10.6. The highest BCUT2D eigenvalue weighted by Crippen LogP contribution is 2.34. The summed E-state index contributed by atoms with van der Waals surface area (Å²) in [6.45, 7) is 0. The highest BCUT2D eigenvalue weighted by Gasteiger charge is 2.26. The van der Waals surface area contributed by atoms with Gasteiger partial charge in [-0.2, -0.15) is 0 Å². The molecular weight excluding hydrogens is 308 g/mol. The molecular formula is C19H19O5-. The van der Waals surface area contributed by atoms with Crippen LogP contribution in [-0.4, -0.2) is 26.0 Å². The summed E-state index contributed by atoms with van der Waals surface area (Å²) >= 11 is 0. The van der Waals surface area contributed by atoms with Crippen molar-refractivity contribution in [2.75, 3.05) is 14.2 Å². The molecule has 0 amide bonds. The highest BCUT2D eigenvalue weighted by molar-refractivity contribution is 6.03. The summed E-state index contributed by atoms with van der Waals surface area (Å²) in [6, 6.07) is 14.0. The summed E-state index contributed by atoms with van der Waals surface area (Å²) in [7, 11) is 3.01. The second kappa shape index (κ2) is 8.15. The van der Waals surface area contributed by atoms with Crippen molar-refractivity contribution in [3.05, 3.63) is 59.7 Å². The molecule has 0 heterocycles. The Morgan fingerprint density at radius 2 is 1.54 bits per heavy atom. The van der Waals surface area contributed by atoms with Gasteiger partial charge in [-0.25, -0.2) is 0 Å². The minimum atomic E-state index is -1.19. The van der Waals surface area contributed by atoms with Crippen molar-refractivity contribution in [3.63, 3.8) is 0 Å². The van der Waals surface area contributed by atoms with Crippen molar-refractivity contribution in [2.45, 2.75) is 18.8 Å². The van der Waals surface area contributed by atoms with Crippen LogP contribution in [0.15, 0.2) is 48.5 Å². The number of rotatable bonds is 8. The number of ketones is 1. The summed E-state index contributed by atoms with van der Waals surface area (Å²) in [5.41, 5.74) is 1.06. The molecule has 0 saturated carbocycles. The van der Waals surface area contributed by atoms with E-state index in [0.29, 0.717) is 22.6 Å². The number of methoxy groups -OCH3 is 2. The zero-order valence-electron chi connectivity index (χ0n) is 13.7. The van der Waals surface area contributed by atoms with Gasteiger partial charge in [0.25, 0.3) is 0 Å². The standard InChI is InChI=1S/C19H20O5/c1-23-16-9-5-3-7-13(16)14(11-12-18(20)21)19(22)15-8-4-6-10-17(15)24-2/h3-10,14H,11-12H2,1-2H3,(H,20,21)/p-1/t14-/m1/s1. The maximum Gasteiger partial charge on any atom is 0.174 e. The topological polar surface area (TPSA) is 75.7 Å². The molecule has 0 spiro atoms. The van der Waals surface area contributed by atoms with Gasteiger partial charge in [-0.05, 0) is 31.0 Å². The third-order valence-corrected chi connectivity index (χ3v) is 3.84. The lowest BCUT2D eigenvalue weighted by molar-refractivity contribution is -0.305. The van der Waals surface area contributed by atoms with E-state index in [4.69, 9.17) is 9.47 Å². The van der Waals surface area contributed by atoms with E-state index >= 15 is 0 Å². The van der Waals surface area contributed by atoms with E-state index in [9.17, 15) is 14.7 Å². The molecule has 2 rings (SSSR count). The van der Waals surface area contributed by atoms with Gasteiger partial charge in [0.1, 0.15) is 11.5 Å². The predicted octanol–water partition coefficient (Wildman–Crippen LogP) is 2.20. The quantitative estimate of drug-likeness (QED) is 0.695. The van der Waals surface area contributed by atoms with E-state index in [1.54, 1.807) is 48.5 Å². The normalized spacial score (nSPS) is 11.6. The zero-order chi connectivity index (χ0) is 17.5. The first-order chi connectivity index (χ1) is 11.6. The van der Waals surface area contributed by atoms with Crippen molar-refractivity contribution in [1.82, 2.24) is 0 Å². The minimum Gasteiger partial charge on any atom is -0.550 e. The molecule has 2 aromatic carbocycles. The van der Waals surface area contributed by atoms with Crippen LogP contribution < -0.4 is 14.6 Å². The molecule has 0 aliphatic rings. The molecule has 24 heavy (non-hydrogen) atoms. The molecule has 0 aromatic heterocycles. The lowest BCUT2D eigenvalue weighted by Crippen LogP contribution is -2.24. The number of carbonyl (C=O) groups is 2. The number of hydrogen-bond donors (Lipinski definition) is 0. The molecule has 0 bridgehead atoms. The fourth-order valence-electron chi connectivity index (χ4n) is 2.68. The van der Waals surface area contributed by atoms with E-state index in [2.05, 4.69) is 0 Å². The van der Waals surface area contributed by atoms with E-state index < -0.39 is 11.9 Å². The molecule has 2 aromatic rings. The molecule has 0 fully saturated rings. The fraction of sp³-hybridized carbons (Fsp3) is 0.263. The van der Waals surface area contributed by atoms with Crippen LogP contribution in [0.1, 0.15) is 34.7 Å². The van der Waals surface area contributed by atoms with E-state index in [-0.39, 0.29) is 18.6 Å². The Labute approximate surface area is 140 Å². The van der Waals surface area contributed by atoms with Crippen LogP contribution in [0.5, 0.6) is 11.5 Å². The minimum absolute atomic E-state index is 0.125. The largest absolute Gasteiger partial charge is 0.550 e. The third kappa shape index (κ3) is 3.93. The highest BCUT2D eigenvalue weighted by atomic mass is 16.5. The second-order valence-electron chi connectivity index (χ2n) is 5.27. The van der Waals surface area contributed by atoms with Crippen LogP contribution in [0.25, 0.3) is 0 Å². The number of carboxylic acid groups (broad SMARTS) is 1. The van der Waals surface area contributed by atoms with Gasteiger partial charge in [0.15, 0.2) is 5.78 Å². The van der Waals surface area contributed by atoms with Gasteiger partial charge >= 0.3 is 0 Å². The van der Waals surface area contributed by atoms with Gasteiger partial charge in [0.05, 0.1) is 25.7 Å². The molecule has 0 N–H and O–H groups in total. The molecule has 0 unspecified atom stereocenters. The van der Waals surface area contributed by atoms with Gasteiger partial charge in [-0.15, -0.1) is 0 Å². The zero-order valence-corrected chi connectivity index (χ0v) is 13.7. The molecule has 0 radical (unpaired) electrons. The summed E-state index contributed by atoms with van der Waals surface area (Å²) in [5.74, 6) is -1.06. The molecule has 5 heteroatoms. The van der Waals surface area contributed by atoms with E-state index in [1.165, 1.54) is 14.2 Å². The van der Waals surface area contributed by atoms with Gasteiger partial charge in [0.2, 0.25) is 0 Å². The Bertz CT molecular complexity index is 723. The van der Waals surface area contributed by atoms with Crippen molar-refractivity contribution >= 4 is 11.8 Å². The summed E-state index contributed by atoms with van der Waals surface area (Å²) in [4.78, 5) is 24.0. The van der Waals surface area contributed by atoms with Crippen LogP contribution in [-0.2, 0) is 4.79 Å². The van der Waals surface area contributed by atoms with Gasteiger partial charge in [0, 0.05) is 11.5 Å². The van der Waals surface area contributed by atoms with Crippen LogP contribution in [0.2, 0.25) is 0 Å². The average molecular weight is 327 g/mol. The smallest absolute Gasteiger partial charge is 0.174 e. The Kier molecular flexibility index (Phi) is 5.95. The number of carboxylic acids is 1. The van der Waals surface area contributed by atoms with Crippen LogP contribution in [0.4, 0.5) is 0 Å². The predicted molar refractivity (Wildman–Crippen MR) is 87.3 cm³/mol.